The Kier molecular flexibility index (Phi) is 6.59. The van der Waals surface area contributed by atoms with E-state index in [2.05, 4.69) is 5.32 Å². The summed E-state index contributed by atoms with van der Waals surface area (Å²) in [5, 5.41) is 2.32. The number of benzene rings is 2. The largest absolute Gasteiger partial charge is 0.322 e. The van der Waals surface area contributed by atoms with Crippen molar-refractivity contribution in [3.05, 3.63) is 58.6 Å². The summed E-state index contributed by atoms with van der Waals surface area (Å²) in [6.07, 6.45) is 0.678. The van der Waals surface area contributed by atoms with E-state index in [-0.39, 0.29) is 22.8 Å². The van der Waals surface area contributed by atoms with Crippen molar-refractivity contribution < 1.29 is 22.0 Å². The molecule has 0 aliphatic carbocycles. The summed E-state index contributed by atoms with van der Waals surface area (Å²) in [6, 6.07) is 6.79. The molecule has 1 saturated heterocycles. The average Bonchev–Trinajstić information content (AvgIpc) is 2.95. The zero-order valence-electron chi connectivity index (χ0n) is 14.6. The lowest BCUT2D eigenvalue weighted by Crippen LogP contribution is -2.33. The van der Waals surface area contributed by atoms with Crippen LogP contribution in [0.5, 0.6) is 0 Å². The van der Waals surface area contributed by atoms with Crippen molar-refractivity contribution >= 4 is 45.0 Å². The van der Waals surface area contributed by atoms with Crippen LogP contribution in [0.25, 0.3) is 0 Å². The number of nitrogens with one attached hydrogen (secondary N) is 1. The van der Waals surface area contributed by atoms with Gasteiger partial charge in [0.05, 0.1) is 5.02 Å². The molecular weight excluding hydrogens is 430 g/mol. The third-order valence-corrected chi connectivity index (χ3v) is 7.42. The number of sulfonamides is 1. The first kappa shape index (κ1) is 21.0. The summed E-state index contributed by atoms with van der Waals surface area (Å²) in [5.74, 6) is -0.738. The minimum absolute atomic E-state index is 0.0374. The second-order valence-electron chi connectivity index (χ2n) is 6.10. The van der Waals surface area contributed by atoms with Crippen LogP contribution in [-0.2, 0) is 10.0 Å². The van der Waals surface area contributed by atoms with E-state index in [0.29, 0.717) is 18.7 Å². The van der Waals surface area contributed by atoms with Crippen LogP contribution in [0.1, 0.15) is 16.8 Å². The van der Waals surface area contributed by atoms with Crippen LogP contribution in [0, 0.1) is 11.6 Å². The fourth-order valence-corrected chi connectivity index (χ4v) is 5.47. The summed E-state index contributed by atoms with van der Waals surface area (Å²) in [4.78, 5) is 11.9. The lowest BCUT2D eigenvalue weighted by atomic mass is 10.2. The number of rotatable bonds is 4. The standard InChI is InChI=1S/C18H17ClF2N2O3S2/c19-14-11-13(3-5-15(14)20)22-18(24)12-2-4-16(21)17(10-12)28(25,26)23-6-1-8-27-9-7-23/h2-5,10-11H,1,6-9H2,(H,22,24). The Morgan fingerprint density at radius 1 is 1.07 bits per heavy atom. The molecule has 10 heteroatoms. The third-order valence-electron chi connectivity index (χ3n) is 4.17. The quantitative estimate of drug-likeness (QED) is 0.771. The second kappa shape index (κ2) is 8.77. The van der Waals surface area contributed by atoms with Crippen LogP contribution in [0.3, 0.4) is 0 Å². The molecule has 1 aliphatic heterocycles. The lowest BCUT2D eigenvalue weighted by molar-refractivity contribution is 0.102. The molecule has 0 bridgehead atoms. The topological polar surface area (TPSA) is 66.5 Å². The van der Waals surface area contributed by atoms with Gasteiger partial charge >= 0.3 is 0 Å². The molecule has 3 rings (SSSR count). The number of carbonyl (C=O) groups is 1. The maximum Gasteiger partial charge on any atom is 0.255 e. The van der Waals surface area contributed by atoms with E-state index < -0.39 is 32.5 Å². The van der Waals surface area contributed by atoms with E-state index >= 15 is 0 Å². The molecule has 0 unspecified atom stereocenters. The van der Waals surface area contributed by atoms with Gasteiger partial charge in [-0.15, -0.1) is 0 Å². The van der Waals surface area contributed by atoms with E-state index in [4.69, 9.17) is 11.6 Å². The number of nitrogens with zero attached hydrogens (tertiary/aromatic N) is 1. The van der Waals surface area contributed by atoms with Gasteiger partial charge in [-0.05, 0) is 48.6 Å². The van der Waals surface area contributed by atoms with Gasteiger partial charge in [0.25, 0.3) is 5.91 Å². The Hall–Kier alpha value is -1.68. The maximum atomic E-state index is 14.3. The molecule has 1 amide bonds. The molecule has 150 valence electrons. The van der Waals surface area contributed by atoms with Crippen molar-refractivity contribution in [3.63, 3.8) is 0 Å². The number of carbonyl (C=O) groups excluding carboxylic acids is 1. The van der Waals surface area contributed by atoms with Crippen LogP contribution in [0.15, 0.2) is 41.3 Å². The molecule has 0 aromatic heterocycles. The second-order valence-corrected chi connectivity index (χ2v) is 9.64. The van der Waals surface area contributed by atoms with Crippen molar-refractivity contribution in [2.24, 2.45) is 0 Å². The van der Waals surface area contributed by atoms with Gasteiger partial charge in [0.1, 0.15) is 16.5 Å². The van der Waals surface area contributed by atoms with Crippen molar-refractivity contribution in [2.45, 2.75) is 11.3 Å². The number of amides is 1. The molecule has 0 saturated carbocycles. The molecule has 1 fully saturated rings. The number of hydrogen-bond acceptors (Lipinski definition) is 4. The molecule has 5 nitrogen and oxygen atoms in total. The van der Waals surface area contributed by atoms with Gasteiger partial charge in [-0.25, -0.2) is 17.2 Å². The van der Waals surface area contributed by atoms with Gasteiger partial charge in [0.2, 0.25) is 10.0 Å². The fraction of sp³-hybridized carbons (Fsp3) is 0.278. The summed E-state index contributed by atoms with van der Waals surface area (Å²) in [7, 11) is -4.06. The van der Waals surface area contributed by atoms with Gasteiger partial charge in [0, 0.05) is 30.1 Å². The van der Waals surface area contributed by atoms with E-state index in [1.807, 2.05) is 0 Å². The van der Waals surface area contributed by atoms with Crippen LogP contribution in [0.2, 0.25) is 5.02 Å². The van der Waals surface area contributed by atoms with Crippen molar-refractivity contribution in [2.75, 3.05) is 29.9 Å². The SMILES string of the molecule is O=C(Nc1ccc(F)c(Cl)c1)c1ccc(F)c(S(=O)(=O)N2CCCSCC2)c1. The van der Waals surface area contributed by atoms with Gasteiger partial charge < -0.3 is 5.32 Å². The Morgan fingerprint density at radius 2 is 1.82 bits per heavy atom. The zero-order chi connectivity index (χ0) is 20.3. The Balaban J connectivity index is 1.87. The van der Waals surface area contributed by atoms with E-state index in [1.165, 1.54) is 22.5 Å². The monoisotopic (exact) mass is 446 g/mol. The summed E-state index contributed by atoms with van der Waals surface area (Å²) >= 11 is 7.33. The average molecular weight is 447 g/mol. The molecule has 2 aromatic rings. The predicted octanol–water partition coefficient (Wildman–Crippen LogP) is 4.00. The van der Waals surface area contributed by atoms with Gasteiger partial charge in [-0.2, -0.15) is 16.1 Å². The Bertz CT molecular complexity index is 994. The Labute approximate surface area is 171 Å². The van der Waals surface area contributed by atoms with E-state index in [0.717, 1.165) is 24.0 Å². The van der Waals surface area contributed by atoms with Crippen LogP contribution in [-0.4, -0.2) is 43.2 Å². The highest BCUT2D eigenvalue weighted by Crippen LogP contribution is 2.25. The number of anilines is 1. The van der Waals surface area contributed by atoms with Crippen molar-refractivity contribution in [1.82, 2.24) is 4.31 Å². The summed E-state index contributed by atoms with van der Waals surface area (Å²) in [5.41, 5.74) is 0.194. The fourth-order valence-electron chi connectivity index (χ4n) is 2.72. The normalized spacial score (nSPS) is 15.8. The number of thioether (sulfide) groups is 1. The maximum absolute atomic E-state index is 14.3. The molecule has 0 radical (unpaired) electrons. The van der Waals surface area contributed by atoms with Gasteiger partial charge in [-0.3, -0.25) is 4.79 Å². The number of hydrogen-bond donors (Lipinski definition) is 1. The minimum atomic E-state index is -4.06. The van der Waals surface area contributed by atoms with Gasteiger partial charge in [-0.1, -0.05) is 11.6 Å². The first-order valence-corrected chi connectivity index (χ1v) is 11.4. The first-order valence-electron chi connectivity index (χ1n) is 8.43. The molecular formula is C18H17ClF2N2O3S2. The molecule has 2 aromatic carbocycles. The van der Waals surface area contributed by atoms with Crippen LogP contribution >= 0.6 is 23.4 Å². The summed E-state index contributed by atoms with van der Waals surface area (Å²) in [6.45, 7) is 0.593. The number of halogens is 3. The highest BCUT2D eigenvalue weighted by Gasteiger charge is 2.29. The molecule has 1 N–H and O–H groups in total. The molecule has 1 aliphatic rings. The summed E-state index contributed by atoms with van der Waals surface area (Å²) < 4.78 is 54.5. The Morgan fingerprint density at radius 3 is 2.57 bits per heavy atom. The lowest BCUT2D eigenvalue weighted by Gasteiger charge is -2.20. The third kappa shape index (κ3) is 4.65. The van der Waals surface area contributed by atoms with E-state index in [9.17, 15) is 22.0 Å². The molecule has 0 spiro atoms. The van der Waals surface area contributed by atoms with Crippen molar-refractivity contribution in [1.29, 1.82) is 0 Å². The predicted molar refractivity (Wildman–Crippen MR) is 106 cm³/mol. The highest BCUT2D eigenvalue weighted by molar-refractivity contribution is 7.99. The first-order chi connectivity index (χ1) is 13.3. The smallest absolute Gasteiger partial charge is 0.255 e. The van der Waals surface area contributed by atoms with Crippen LogP contribution < -0.4 is 5.32 Å². The van der Waals surface area contributed by atoms with E-state index in [1.54, 1.807) is 11.8 Å². The van der Waals surface area contributed by atoms with Crippen molar-refractivity contribution in [3.8, 4) is 0 Å². The zero-order valence-corrected chi connectivity index (χ0v) is 17.0. The molecule has 1 heterocycles. The molecule has 28 heavy (non-hydrogen) atoms. The highest BCUT2D eigenvalue weighted by atomic mass is 35.5. The van der Waals surface area contributed by atoms with Crippen LogP contribution in [0.4, 0.5) is 14.5 Å². The minimum Gasteiger partial charge on any atom is -0.322 e. The van der Waals surface area contributed by atoms with Gasteiger partial charge in [0.15, 0.2) is 0 Å². The molecule has 0 atom stereocenters.